The molecule has 496 valence electrons. The lowest BCUT2D eigenvalue weighted by atomic mass is 9.92. The van der Waals surface area contributed by atoms with Crippen LogP contribution in [-0.4, -0.2) is 87.2 Å². The highest BCUT2D eigenvalue weighted by molar-refractivity contribution is 6.32. The lowest BCUT2D eigenvalue weighted by molar-refractivity contribution is -0.119. The van der Waals surface area contributed by atoms with Crippen LogP contribution in [0.2, 0.25) is 30.1 Å². The van der Waals surface area contributed by atoms with Crippen LogP contribution in [0.1, 0.15) is 68.6 Å². The fraction of sp³-hybridized carbons (Fsp3) is 0.147. The first kappa shape index (κ1) is 66.9. The van der Waals surface area contributed by atoms with Gasteiger partial charge in [-0.3, -0.25) is 19.5 Å². The average Bonchev–Trinajstić information content (AvgIpc) is 1.60. The summed E-state index contributed by atoms with van der Waals surface area (Å²) in [6.07, 6.45) is 0.597. The zero-order valence-corrected chi connectivity index (χ0v) is 56.6. The molecule has 3 aliphatic heterocycles. The van der Waals surface area contributed by atoms with E-state index >= 15 is 0 Å². The highest BCUT2D eigenvalue weighted by Crippen LogP contribution is 2.44. The number of halogens is 7. The van der Waals surface area contributed by atoms with Gasteiger partial charge in [-0.05, 0) is 216 Å². The summed E-state index contributed by atoms with van der Waals surface area (Å²) in [6.45, 7) is 1.38. The minimum atomic E-state index is -0.487. The van der Waals surface area contributed by atoms with Crippen LogP contribution >= 0.6 is 69.6 Å². The molecule has 9 aromatic carbocycles. The van der Waals surface area contributed by atoms with Crippen molar-refractivity contribution < 1.29 is 42.5 Å². The van der Waals surface area contributed by atoms with Gasteiger partial charge in [-0.2, -0.15) is 0 Å². The van der Waals surface area contributed by atoms with Gasteiger partial charge in [0.15, 0.2) is 0 Å². The molecule has 6 N–H and O–H groups in total. The highest BCUT2D eigenvalue weighted by Gasteiger charge is 2.39. The van der Waals surface area contributed by atoms with Crippen molar-refractivity contribution in [1.82, 2.24) is 29.7 Å². The number of nitrogens with two attached hydrogens (primary N) is 1. The number of nitrogens with zero attached hydrogens (tertiary/aromatic N) is 3. The number of benzene rings is 9. The van der Waals surface area contributed by atoms with Crippen LogP contribution in [0.4, 0.5) is 30.1 Å². The molecule has 98 heavy (non-hydrogen) atoms. The van der Waals surface area contributed by atoms with Crippen LogP contribution in [0.15, 0.2) is 200 Å². The Morgan fingerprint density at radius 3 is 1.07 bits per heavy atom. The monoisotopic (exact) mass is 1430 g/mol. The van der Waals surface area contributed by atoms with Crippen molar-refractivity contribution >= 4 is 138 Å². The fourth-order valence-corrected chi connectivity index (χ4v) is 13.7. The number of ether oxygens (including phenoxy) is 4. The second-order valence-corrected chi connectivity index (χ2v) is 26.1. The van der Waals surface area contributed by atoms with E-state index in [0.29, 0.717) is 97.7 Å². The minimum Gasteiger partial charge on any atom is -0.410 e. The van der Waals surface area contributed by atoms with E-state index in [-0.39, 0.29) is 24.4 Å². The third kappa shape index (κ3) is 14.6. The van der Waals surface area contributed by atoms with Gasteiger partial charge in [0, 0.05) is 118 Å². The second kappa shape index (κ2) is 29.2. The molecule has 3 aliphatic rings. The van der Waals surface area contributed by atoms with Crippen molar-refractivity contribution in [2.45, 2.75) is 37.4 Å². The molecule has 0 saturated heterocycles. The number of hydrogen-bond donors (Lipinski definition) is 5. The molecule has 0 spiro atoms. The van der Waals surface area contributed by atoms with Crippen molar-refractivity contribution in [2.75, 3.05) is 44.4 Å². The summed E-state index contributed by atoms with van der Waals surface area (Å²) in [4.78, 5) is 67.1. The SMILES string of the molecule is COCC(=O)Nc1ccc(C2c3[nH]c4ccc(Cl)cc4c3CCN2C(=O)Oc2ccc(Cl)cc2)cc1.Nc1ccc(C2c3[nH]c4ccc(Cl)cc4c3CCN2C(=O)Oc2ccc(Cl)cc2)cc1.O=C(Oc1ccc(Cl)cc1)N1CCc2c([nH]c3ccc(Cl)cc23)C1c1ccc(F)cc1. The molecule has 3 atom stereocenters. The number of aromatic nitrogens is 3. The molecule has 0 radical (unpaired) electrons. The van der Waals surface area contributed by atoms with E-state index in [9.17, 15) is 23.6 Å². The highest BCUT2D eigenvalue weighted by atomic mass is 35.5. The number of fused-ring (bicyclic) bond motifs is 9. The van der Waals surface area contributed by atoms with Crippen LogP contribution in [0.3, 0.4) is 0 Å². The van der Waals surface area contributed by atoms with E-state index in [2.05, 4.69) is 20.3 Å². The van der Waals surface area contributed by atoms with Gasteiger partial charge < -0.3 is 44.9 Å². The van der Waals surface area contributed by atoms with Gasteiger partial charge in [-0.1, -0.05) is 106 Å². The molecule has 12 aromatic rings. The Morgan fingerprint density at radius 1 is 0.439 bits per heavy atom. The lowest BCUT2D eigenvalue weighted by Gasteiger charge is -2.35. The zero-order valence-electron chi connectivity index (χ0n) is 52.1. The Hall–Kier alpha value is -9.69. The zero-order chi connectivity index (χ0) is 68.3. The Labute approximate surface area is 591 Å². The summed E-state index contributed by atoms with van der Waals surface area (Å²) in [5.41, 5.74) is 18.8. The lowest BCUT2D eigenvalue weighted by Crippen LogP contribution is -2.42. The van der Waals surface area contributed by atoms with Crippen LogP contribution in [-0.2, 0) is 28.8 Å². The maximum atomic E-state index is 13.6. The molecular formula is C75H59Cl6FN8O8. The first-order chi connectivity index (χ1) is 47.4. The molecule has 0 fully saturated rings. The van der Waals surface area contributed by atoms with Gasteiger partial charge in [0.1, 0.15) is 47.8 Å². The number of anilines is 2. The van der Waals surface area contributed by atoms with E-state index in [0.717, 1.165) is 83.2 Å². The largest absolute Gasteiger partial charge is 0.416 e. The minimum absolute atomic E-state index is 0.0321. The van der Waals surface area contributed by atoms with E-state index in [1.807, 2.05) is 91.0 Å². The number of nitrogen functional groups attached to an aromatic ring is 1. The van der Waals surface area contributed by atoms with Crippen molar-refractivity contribution in [2.24, 2.45) is 0 Å². The summed E-state index contributed by atoms with van der Waals surface area (Å²) < 4.78 is 35.4. The number of rotatable bonds is 9. The van der Waals surface area contributed by atoms with Crippen LogP contribution in [0.25, 0.3) is 32.7 Å². The second-order valence-electron chi connectivity index (χ2n) is 23.4. The first-order valence-corrected chi connectivity index (χ1v) is 33.3. The molecule has 16 nitrogen and oxygen atoms in total. The molecule has 23 heteroatoms. The maximum Gasteiger partial charge on any atom is 0.416 e. The molecule has 6 heterocycles. The number of H-pyrrole nitrogens is 3. The molecule has 3 unspecified atom stereocenters. The van der Waals surface area contributed by atoms with E-state index in [1.54, 1.807) is 112 Å². The first-order valence-electron chi connectivity index (χ1n) is 31.0. The number of aromatic amines is 3. The third-order valence-corrected chi connectivity index (χ3v) is 18.7. The summed E-state index contributed by atoms with van der Waals surface area (Å²) in [6, 6.07) is 57.1. The third-order valence-electron chi connectivity index (χ3n) is 17.3. The van der Waals surface area contributed by atoms with Crippen molar-refractivity contribution in [1.29, 1.82) is 0 Å². The Kier molecular flexibility index (Phi) is 19.9. The quantitative estimate of drug-likeness (QED) is 0.0872. The molecule has 0 bridgehead atoms. The number of hydrogen-bond acceptors (Lipinski definition) is 9. The Balaban J connectivity index is 0.000000133. The fourth-order valence-electron chi connectivity index (χ4n) is 12.8. The smallest absolute Gasteiger partial charge is 0.410 e. The number of carbonyl (C=O) groups excluding carboxylic acids is 4. The van der Waals surface area contributed by atoms with Crippen LogP contribution < -0.4 is 25.3 Å². The van der Waals surface area contributed by atoms with E-state index in [4.69, 9.17) is 94.3 Å². The molecule has 3 aromatic heterocycles. The molecule has 15 rings (SSSR count). The van der Waals surface area contributed by atoms with Gasteiger partial charge in [0.25, 0.3) is 0 Å². The van der Waals surface area contributed by atoms with Crippen molar-refractivity contribution in [3.05, 3.63) is 287 Å². The van der Waals surface area contributed by atoms with Crippen molar-refractivity contribution in [3.8, 4) is 17.2 Å². The summed E-state index contributed by atoms with van der Waals surface area (Å²) in [7, 11) is 1.47. The van der Waals surface area contributed by atoms with Gasteiger partial charge >= 0.3 is 18.3 Å². The van der Waals surface area contributed by atoms with Crippen molar-refractivity contribution in [3.63, 3.8) is 0 Å². The van der Waals surface area contributed by atoms with Gasteiger partial charge in [0.05, 0.1) is 0 Å². The van der Waals surface area contributed by atoms with Gasteiger partial charge in [-0.15, -0.1) is 0 Å². The number of methoxy groups -OCH3 is 1. The Bertz CT molecular complexity index is 4740. The normalized spacial score (nSPS) is 15.4. The van der Waals surface area contributed by atoms with E-state index in [1.165, 1.54) is 19.2 Å². The maximum absolute atomic E-state index is 13.6. The predicted octanol–water partition coefficient (Wildman–Crippen LogP) is 19.2. The molecule has 0 aliphatic carbocycles. The summed E-state index contributed by atoms with van der Waals surface area (Å²) >= 11 is 36.6. The molecular weight excluding hydrogens is 1370 g/mol. The van der Waals surface area contributed by atoms with Gasteiger partial charge in [0.2, 0.25) is 5.91 Å². The number of carbonyl (C=O) groups is 4. The van der Waals surface area contributed by atoms with Crippen LogP contribution in [0.5, 0.6) is 17.2 Å². The molecule has 4 amide bonds. The van der Waals surface area contributed by atoms with Crippen LogP contribution in [0, 0.1) is 5.82 Å². The Morgan fingerprint density at radius 2 is 0.745 bits per heavy atom. The number of amides is 4. The standard InChI is InChI=1S/C27H23Cl2N3O4.C24H17Cl2FN2O2.C24H19Cl2N3O2/c1-35-15-24(33)30-19-7-2-16(3-8-19)26-25-21(22-14-18(29)6-11-23(22)31-25)12-13-32(26)27(34)36-20-9-4-17(28)5-10-20;2*25-15-3-8-18(9-4-15)31-24(30)29-12-11-19-20-13-16(26)5-10-21(20)28-22(19)23(29)14-1-6-17(27)7-2-14/h2-11,14,26,31H,12-13,15H2,1H3,(H,30,33);1-10,13,23,28H,11-12H2;1-10,13,23,28H,11-12,27H2. The van der Waals surface area contributed by atoms with E-state index < -0.39 is 30.4 Å². The summed E-state index contributed by atoms with van der Waals surface area (Å²) in [5.74, 6) is 0.680. The topological polar surface area (TPSA) is 200 Å². The molecule has 0 saturated carbocycles. The van der Waals surface area contributed by atoms with Gasteiger partial charge in [-0.25, -0.2) is 18.8 Å². The number of nitrogens with one attached hydrogen (secondary N) is 4. The predicted molar refractivity (Wildman–Crippen MR) is 383 cm³/mol. The summed E-state index contributed by atoms with van der Waals surface area (Å²) in [5, 5.41) is 9.62. The average molecular weight is 1430 g/mol.